The van der Waals surface area contributed by atoms with E-state index in [0.717, 1.165) is 40.7 Å². The van der Waals surface area contributed by atoms with Crippen molar-refractivity contribution in [3.05, 3.63) is 54.1 Å². The van der Waals surface area contributed by atoms with E-state index in [9.17, 15) is 4.79 Å². The summed E-state index contributed by atoms with van der Waals surface area (Å²) in [5, 5.41) is 13.1. The number of nitrogens with zero attached hydrogens (tertiary/aromatic N) is 4. The van der Waals surface area contributed by atoms with Gasteiger partial charge in [-0.25, -0.2) is 4.98 Å². The molecule has 0 saturated heterocycles. The molecule has 0 bridgehead atoms. The van der Waals surface area contributed by atoms with Crippen molar-refractivity contribution >= 4 is 45.4 Å². The largest absolute Gasteiger partial charge is 0.325 e. The Labute approximate surface area is 180 Å². The van der Waals surface area contributed by atoms with Crippen LogP contribution in [0.15, 0.2) is 53.7 Å². The Bertz CT molecular complexity index is 1170. The molecule has 0 unspecified atom stereocenters. The fourth-order valence-electron chi connectivity index (χ4n) is 3.53. The van der Waals surface area contributed by atoms with E-state index in [1.807, 2.05) is 30.3 Å². The van der Waals surface area contributed by atoms with Crippen molar-refractivity contribution in [1.82, 2.24) is 19.7 Å². The number of anilines is 1. The van der Waals surface area contributed by atoms with Crippen LogP contribution in [0.5, 0.6) is 0 Å². The van der Waals surface area contributed by atoms with E-state index < -0.39 is 0 Å². The number of carbonyl (C=O) groups excluding carboxylic acids is 1. The zero-order valence-corrected chi connectivity index (χ0v) is 18.1. The van der Waals surface area contributed by atoms with Crippen molar-refractivity contribution in [2.45, 2.75) is 44.8 Å². The molecule has 2 heterocycles. The fourth-order valence-corrected chi connectivity index (χ4v) is 4.12. The molecule has 1 N–H and O–H groups in total. The van der Waals surface area contributed by atoms with Gasteiger partial charge in [0.25, 0.3) is 0 Å². The monoisotopic (exact) mass is 419 g/mol. The van der Waals surface area contributed by atoms with Gasteiger partial charge in [-0.2, -0.15) is 0 Å². The highest BCUT2D eigenvalue weighted by Gasteiger charge is 2.14. The molecule has 0 fully saturated rings. The molecule has 154 valence electrons. The normalized spacial score (nSPS) is 11.3. The van der Waals surface area contributed by atoms with Crippen molar-refractivity contribution in [3.63, 3.8) is 0 Å². The third kappa shape index (κ3) is 4.31. The van der Waals surface area contributed by atoms with E-state index in [-0.39, 0.29) is 11.7 Å². The van der Waals surface area contributed by atoms with Gasteiger partial charge in [-0.3, -0.25) is 4.79 Å². The maximum Gasteiger partial charge on any atom is 0.234 e. The van der Waals surface area contributed by atoms with Crippen LogP contribution in [0.1, 0.15) is 32.3 Å². The smallest absolute Gasteiger partial charge is 0.234 e. The van der Waals surface area contributed by atoms with Crippen molar-refractivity contribution in [3.8, 4) is 0 Å². The minimum Gasteiger partial charge on any atom is -0.325 e. The van der Waals surface area contributed by atoms with Crippen LogP contribution in [0.3, 0.4) is 0 Å². The predicted octanol–water partition coefficient (Wildman–Crippen LogP) is 5.07. The zero-order chi connectivity index (χ0) is 20.9. The molecule has 7 heteroatoms. The molecule has 0 aliphatic heterocycles. The fraction of sp³-hybridized carbons (Fsp3) is 0.304. The van der Waals surface area contributed by atoms with Crippen molar-refractivity contribution in [2.75, 3.05) is 11.1 Å². The Morgan fingerprint density at radius 2 is 1.87 bits per heavy atom. The Kier molecular flexibility index (Phi) is 6.28. The van der Waals surface area contributed by atoms with Gasteiger partial charge in [-0.1, -0.05) is 55.4 Å². The molecule has 0 spiro atoms. The molecule has 0 aliphatic rings. The van der Waals surface area contributed by atoms with E-state index >= 15 is 0 Å². The van der Waals surface area contributed by atoms with Crippen LogP contribution >= 0.6 is 11.8 Å². The number of unbranched alkanes of at least 4 members (excludes halogenated alkanes) is 1. The quantitative estimate of drug-likeness (QED) is 0.404. The second-order valence-electron chi connectivity index (χ2n) is 7.17. The third-order valence-electron chi connectivity index (χ3n) is 5.06. The molecular weight excluding hydrogens is 394 g/mol. The minimum absolute atomic E-state index is 0.0824. The number of aromatic nitrogens is 4. The van der Waals surface area contributed by atoms with Crippen LogP contribution in [-0.4, -0.2) is 31.4 Å². The number of rotatable bonds is 8. The molecule has 1 amide bonds. The SMILES string of the molecule is CCCCc1ccc(NC(=O)CSc2nnc3c4ccccc4n(CC)c3n2)cc1. The van der Waals surface area contributed by atoms with E-state index in [0.29, 0.717) is 5.16 Å². The molecule has 6 nitrogen and oxygen atoms in total. The molecule has 4 aromatic rings. The van der Waals surface area contributed by atoms with Crippen LogP contribution in [0, 0.1) is 0 Å². The summed E-state index contributed by atoms with van der Waals surface area (Å²) < 4.78 is 2.13. The highest BCUT2D eigenvalue weighted by Crippen LogP contribution is 2.27. The Balaban J connectivity index is 1.43. The molecule has 0 radical (unpaired) electrons. The van der Waals surface area contributed by atoms with E-state index in [1.54, 1.807) is 0 Å². The van der Waals surface area contributed by atoms with Crippen LogP contribution in [0.4, 0.5) is 5.69 Å². The highest BCUT2D eigenvalue weighted by molar-refractivity contribution is 7.99. The van der Waals surface area contributed by atoms with Gasteiger partial charge < -0.3 is 9.88 Å². The first-order chi connectivity index (χ1) is 14.7. The molecule has 4 rings (SSSR count). The summed E-state index contributed by atoms with van der Waals surface area (Å²) in [6.07, 6.45) is 3.43. The minimum atomic E-state index is -0.0824. The predicted molar refractivity (Wildman–Crippen MR) is 123 cm³/mol. The zero-order valence-electron chi connectivity index (χ0n) is 17.3. The molecule has 0 saturated carbocycles. The lowest BCUT2D eigenvalue weighted by Crippen LogP contribution is -2.14. The summed E-state index contributed by atoms with van der Waals surface area (Å²) in [5.74, 6) is 0.151. The number of carbonyl (C=O) groups is 1. The first kappa shape index (κ1) is 20.3. The first-order valence-electron chi connectivity index (χ1n) is 10.3. The van der Waals surface area contributed by atoms with Crippen molar-refractivity contribution in [2.24, 2.45) is 0 Å². The average Bonchev–Trinajstić information content (AvgIpc) is 3.10. The van der Waals surface area contributed by atoms with Gasteiger partial charge in [-0.15, -0.1) is 10.2 Å². The van der Waals surface area contributed by atoms with Crippen LogP contribution in [0.25, 0.3) is 22.1 Å². The number of para-hydroxylation sites is 1. The topological polar surface area (TPSA) is 72.7 Å². The number of thioether (sulfide) groups is 1. The Morgan fingerprint density at radius 1 is 1.07 bits per heavy atom. The van der Waals surface area contributed by atoms with E-state index in [1.165, 1.54) is 30.2 Å². The van der Waals surface area contributed by atoms with E-state index in [4.69, 9.17) is 0 Å². The second kappa shape index (κ2) is 9.26. The van der Waals surface area contributed by atoms with Crippen molar-refractivity contribution in [1.29, 1.82) is 0 Å². The number of fused-ring (bicyclic) bond motifs is 3. The first-order valence-corrected chi connectivity index (χ1v) is 11.3. The lowest BCUT2D eigenvalue weighted by molar-refractivity contribution is -0.113. The van der Waals surface area contributed by atoms with Gasteiger partial charge in [0.15, 0.2) is 5.65 Å². The van der Waals surface area contributed by atoms with Gasteiger partial charge in [-0.05, 0) is 43.5 Å². The Hall–Kier alpha value is -2.93. The average molecular weight is 420 g/mol. The molecule has 2 aromatic heterocycles. The molecule has 30 heavy (non-hydrogen) atoms. The summed E-state index contributed by atoms with van der Waals surface area (Å²) in [6.45, 7) is 5.06. The summed E-state index contributed by atoms with van der Waals surface area (Å²) in [6, 6.07) is 16.2. The van der Waals surface area contributed by atoms with Crippen molar-refractivity contribution < 1.29 is 4.79 Å². The summed E-state index contributed by atoms with van der Waals surface area (Å²) in [5.41, 5.74) is 4.80. The van der Waals surface area contributed by atoms with Gasteiger partial charge in [0.1, 0.15) is 5.52 Å². The van der Waals surface area contributed by atoms with E-state index in [2.05, 4.69) is 57.1 Å². The summed E-state index contributed by atoms with van der Waals surface area (Å²) in [7, 11) is 0. The maximum atomic E-state index is 12.4. The molecule has 2 aromatic carbocycles. The van der Waals surface area contributed by atoms with Gasteiger partial charge >= 0.3 is 0 Å². The van der Waals surface area contributed by atoms with Gasteiger partial charge in [0.2, 0.25) is 11.1 Å². The standard InChI is InChI=1S/C23H25N5OS/c1-3-5-8-16-11-13-17(14-12-16)24-20(29)15-30-23-25-22-21(26-27-23)18-9-6-7-10-19(18)28(22)4-2/h6-7,9-14H,3-5,8,15H2,1-2H3,(H,24,29). The van der Waals surface area contributed by atoms with Gasteiger partial charge in [0, 0.05) is 17.6 Å². The maximum absolute atomic E-state index is 12.4. The molecule has 0 atom stereocenters. The molecule has 0 aliphatic carbocycles. The number of benzene rings is 2. The van der Waals surface area contributed by atoms with Crippen LogP contribution in [0.2, 0.25) is 0 Å². The summed E-state index contributed by atoms with van der Waals surface area (Å²) in [4.78, 5) is 17.0. The van der Waals surface area contributed by atoms with Crippen LogP contribution < -0.4 is 5.32 Å². The third-order valence-corrected chi connectivity index (χ3v) is 5.90. The number of amides is 1. The number of hydrogen-bond acceptors (Lipinski definition) is 5. The Morgan fingerprint density at radius 3 is 2.63 bits per heavy atom. The highest BCUT2D eigenvalue weighted by atomic mass is 32.2. The summed E-state index contributed by atoms with van der Waals surface area (Å²) >= 11 is 1.30. The lowest BCUT2D eigenvalue weighted by atomic mass is 10.1. The van der Waals surface area contributed by atoms with Gasteiger partial charge in [0.05, 0.1) is 11.3 Å². The number of nitrogens with one attached hydrogen (secondary N) is 1. The number of aryl methyl sites for hydroxylation is 2. The second-order valence-corrected chi connectivity index (χ2v) is 8.11. The lowest BCUT2D eigenvalue weighted by Gasteiger charge is -2.06. The molecular formula is C23H25N5OS. The number of hydrogen-bond donors (Lipinski definition) is 1. The van der Waals surface area contributed by atoms with Crippen LogP contribution in [-0.2, 0) is 17.8 Å².